The van der Waals surface area contributed by atoms with Gasteiger partial charge in [-0.25, -0.2) is 0 Å². The van der Waals surface area contributed by atoms with Crippen molar-refractivity contribution in [3.63, 3.8) is 0 Å². The second-order valence-electron chi connectivity index (χ2n) is 10.9. The van der Waals surface area contributed by atoms with Gasteiger partial charge in [-0.3, -0.25) is 0 Å². The molecule has 0 heterocycles. The number of hydrogen-bond donors (Lipinski definition) is 1. The zero-order valence-electron chi connectivity index (χ0n) is 27.7. The lowest BCUT2D eigenvalue weighted by Gasteiger charge is -2.18. The van der Waals surface area contributed by atoms with Crippen molar-refractivity contribution in [2.45, 2.75) is 116 Å². The Balaban J connectivity index is 3.25. The summed E-state index contributed by atoms with van der Waals surface area (Å²) in [7, 11) is 0. The second kappa shape index (κ2) is 36.8. The standard InChI is InChI=1S/C33H68O9/c1-4-5-6-7-8-9-10-11-12-13-14-15-16-18-40-30-32(2)42-31-33(3)41-29-28-39-27-26-38-25-24-37-23-22-36-21-20-35-19-17-34/h32-34H,4-31H2,1-3H3. The summed E-state index contributed by atoms with van der Waals surface area (Å²) < 4.78 is 44.3. The first-order valence-electron chi connectivity index (χ1n) is 17.0. The molecule has 0 bridgehead atoms. The summed E-state index contributed by atoms with van der Waals surface area (Å²) >= 11 is 0. The van der Waals surface area contributed by atoms with Crippen LogP contribution in [-0.4, -0.2) is 116 Å². The first-order chi connectivity index (χ1) is 20.7. The first kappa shape index (κ1) is 41.6. The molecular weight excluding hydrogens is 540 g/mol. The van der Waals surface area contributed by atoms with Crippen molar-refractivity contribution < 1.29 is 43.0 Å². The molecular formula is C33H68O9. The fourth-order valence-corrected chi connectivity index (χ4v) is 4.22. The fourth-order valence-electron chi connectivity index (χ4n) is 4.22. The van der Waals surface area contributed by atoms with Crippen LogP contribution in [0.25, 0.3) is 0 Å². The Morgan fingerprint density at radius 2 is 0.762 bits per heavy atom. The van der Waals surface area contributed by atoms with E-state index in [0.717, 1.165) is 13.0 Å². The largest absolute Gasteiger partial charge is 0.394 e. The van der Waals surface area contributed by atoms with E-state index in [1.54, 1.807) is 0 Å². The number of unbranched alkanes of at least 4 members (excludes halogenated alkanes) is 12. The maximum absolute atomic E-state index is 8.59. The highest BCUT2D eigenvalue weighted by atomic mass is 16.6. The minimum absolute atomic E-state index is 0.0163. The van der Waals surface area contributed by atoms with Crippen molar-refractivity contribution >= 4 is 0 Å². The van der Waals surface area contributed by atoms with Crippen LogP contribution in [0.15, 0.2) is 0 Å². The van der Waals surface area contributed by atoms with Gasteiger partial charge in [0.2, 0.25) is 0 Å². The van der Waals surface area contributed by atoms with Gasteiger partial charge in [-0.05, 0) is 20.3 Å². The van der Waals surface area contributed by atoms with Gasteiger partial charge in [-0.15, -0.1) is 0 Å². The van der Waals surface area contributed by atoms with E-state index in [4.69, 9.17) is 43.0 Å². The summed E-state index contributed by atoms with van der Waals surface area (Å²) in [6.07, 6.45) is 17.9. The minimum Gasteiger partial charge on any atom is -0.394 e. The molecule has 0 spiro atoms. The molecule has 1 N–H and O–H groups in total. The van der Waals surface area contributed by atoms with Crippen molar-refractivity contribution in [3.05, 3.63) is 0 Å². The van der Waals surface area contributed by atoms with E-state index in [9.17, 15) is 0 Å². The zero-order chi connectivity index (χ0) is 30.6. The lowest BCUT2D eigenvalue weighted by Crippen LogP contribution is -2.24. The van der Waals surface area contributed by atoms with E-state index in [1.807, 2.05) is 6.92 Å². The maximum Gasteiger partial charge on any atom is 0.0781 e. The van der Waals surface area contributed by atoms with Crippen LogP contribution in [0.4, 0.5) is 0 Å². The number of rotatable bonds is 37. The van der Waals surface area contributed by atoms with Crippen LogP contribution in [0.2, 0.25) is 0 Å². The van der Waals surface area contributed by atoms with Crippen molar-refractivity contribution in [2.75, 3.05) is 99.1 Å². The van der Waals surface area contributed by atoms with Gasteiger partial charge in [0.1, 0.15) is 0 Å². The SMILES string of the molecule is CCCCCCCCCCCCCCCOCC(C)OCC(C)OCCOCCOCCOCCOCCOCCO. The van der Waals surface area contributed by atoms with Crippen molar-refractivity contribution in [1.29, 1.82) is 0 Å². The Kier molecular flexibility index (Phi) is 36.5. The van der Waals surface area contributed by atoms with E-state index in [1.165, 1.54) is 77.0 Å². The summed E-state index contributed by atoms with van der Waals surface area (Å²) in [6, 6.07) is 0. The molecule has 2 atom stereocenters. The number of ether oxygens (including phenoxy) is 8. The Labute approximate surface area is 258 Å². The molecule has 0 aromatic heterocycles. The average molecular weight is 609 g/mol. The summed E-state index contributed by atoms with van der Waals surface area (Å²) in [5, 5.41) is 8.59. The summed E-state index contributed by atoms with van der Waals surface area (Å²) in [5.41, 5.74) is 0. The topological polar surface area (TPSA) is 94.1 Å². The lowest BCUT2D eigenvalue weighted by atomic mass is 10.0. The maximum atomic E-state index is 8.59. The molecule has 0 aromatic carbocycles. The van der Waals surface area contributed by atoms with Crippen LogP contribution in [0.5, 0.6) is 0 Å². The number of aliphatic hydroxyl groups is 1. The third-order valence-corrected chi connectivity index (χ3v) is 6.71. The monoisotopic (exact) mass is 608 g/mol. The average Bonchev–Trinajstić information content (AvgIpc) is 2.99. The molecule has 0 amide bonds. The van der Waals surface area contributed by atoms with Gasteiger partial charge in [0, 0.05) is 6.61 Å². The van der Waals surface area contributed by atoms with E-state index < -0.39 is 0 Å². The van der Waals surface area contributed by atoms with Crippen molar-refractivity contribution in [3.8, 4) is 0 Å². The van der Waals surface area contributed by atoms with Gasteiger partial charge in [0.15, 0.2) is 0 Å². The predicted octanol–water partition coefficient (Wildman–Crippen LogP) is 5.98. The summed E-state index contributed by atoms with van der Waals surface area (Å²) in [5.74, 6) is 0. The smallest absolute Gasteiger partial charge is 0.0781 e. The molecule has 0 fully saturated rings. The minimum atomic E-state index is 0.0163. The number of aliphatic hydroxyl groups excluding tert-OH is 1. The quantitative estimate of drug-likeness (QED) is 0.0855. The lowest BCUT2D eigenvalue weighted by molar-refractivity contribution is -0.0689. The molecule has 9 heteroatoms. The number of hydrogen-bond acceptors (Lipinski definition) is 9. The molecule has 9 nitrogen and oxygen atoms in total. The van der Waals surface area contributed by atoms with Crippen LogP contribution in [-0.2, 0) is 37.9 Å². The normalized spacial score (nSPS) is 13.1. The molecule has 42 heavy (non-hydrogen) atoms. The van der Waals surface area contributed by atoms with E-state index >= 15 is 0 Å². The molecule has 0 aliphatic rings. The molecule has 254 valence electrons. The predicted molar refractivity (Wildman–Crippen MR) is 169 cm³/mol. The van der Waals surface area contributed by atoms with Crippen molar-refractivity contribution in [2.24, 2.45) is 0 Å². The van der Waals surface area contributed by atoms with E-state index in [0.29, 0.717) is 85.9 Å². The fraction of sp³-hybridized carbons (Fsp3) is 1.00. The zero-order valence-corrected chi connectivity index (χ0v) is 27.7. The highest BCUT2D eigenvalue weighted by Crippen LogP contribution is 2.12. The second-order valence-corrected chi connectivity index (χ2v) is 10.9. The third-order valence-electron chi connectivity index (χ3n) is 6.71. The molecule has 0 saturated heterocycles. The summed E-state index contributed by atoms with van der Waals surface area (Å²) in [6.45, 7) is 13.9. The molecule has 0 aliphatic heterocycles. The molecule has 0 radical (unpaired) electrons. The molecule has 0 aliphatic carbocycles. The summed E-state index contributed by atoms with van der Waals surface area (Å²) in [4.78, 5) is 0. The Bertz CT molecular complexity index is 484. The highest BCUT2D eigenvalue weighted by molar-refractivity contribution is 4.54. The van der Waals surface area contributed by atoms with Crippen LogP contribution < -0.4 is 0 Å². The van der Waals surface area contributed by atoms with Crippen LogP contribution in [0.1, 0.15) is 104 Å². The molecule has 2 unspecified atom stereocenters. The van der Waals surface area contributed by atoms with Crippen LogP contribution in [0.3, 0.4) is 0 Å². The third kappa shape index (κ3) is 35.8. The van der Waals surface area contributed by atoms with E-state index in [-0.39, 0.29) is 18.8 Å². The molecule has 0 saturated carbocycles. The van der Waals surface area contributed by atoms with Crippen LogP contribution in [0, 0.1) is 0 Å². The Morgan fingerprint density at radius 1 is 0.381 bits per heavy atom. The van der Waals surface area contributed by atoms with Gasteiger partial charge >= 0.3 is 0 Å². The molecule has 0 aromatic rings. The van der Waals surface area contributed by atoms with E-state index in [2.05, 4.69) is 13.8 Å². The van der Waals surface area contributed by atoms with Crippen molar-refractivity contribution in [1.82, 2.24) is 0 Å². The highest BCUT2D eigenvalue weighted by Gasteiger charge is 2.07. The Morgan fingerprint density at radius 3 is 1.21 bits per heavy atom. The van der Waals surface area contributed by atoms with Gasteiger partial charge < -0.3 is 43.0 Å². The van der Waals surface area contributed by atoms with Gasteiger partial charge in [0.05, 0.1) is 105 Å². The molecule has 0 rings (SSSR count). The van der Waals surface area contributed by atoms with Gasteiger partial charge in [0.25, 0.3) is 0 Å². The Hall–Kier alpha value is -0.360. The van der Waals surface area contributed by atoms with Gasteiger partial charge in [-0.1, -0.05) is 84.0 Å². The first-order valence-corrected chi connectivity index (χ1v) is 17.0. The van der Waals surface area contributed by atoms with Crippen LogP contribution >= 0.6 is 0 Å². The van der Waals surface area contributed by atoms with Gasteiger partial charge in [-0.2, -0.15) is 0 Å².